The molecule has 0 spiro atoms. The first-order chi connectivity index (χ1) is 14.8. The maximum Gasteiger partial charge on any atom is 0.325 e. The maximum atomic E-state index is 12.9. The van der Waals surface area contributed by atoms with Crippen molar-refractivity contribution in [2.45, 2.75) is 13.0 Å². The highest BCUT2D eigenvalue weighted by Crippen LogP contribution is 2.38. The molecule has 1 atom stereocenters. The van der Waals surface area contributed by atoms with Crippen molar-refractivity contribution in [3.63, 3.8) is 0 Å². The molecule has 0 aliphatic heterocycles. The molecule has 2 rings (SSSR count). The molecule has 0 saturated carbocycles. The number of carboxylic acid groups (broad SMARTS) is 1. The Bertz CT molecular complexity index is 962. The number of nitrogens with one attached hydrogen (secondary N) is 2. The number of carbonyl (C=O) groups excluding carboxylic acids is 2. The number of ether oxygens (including phenoxy) is 3. The Kier molecular flexibility index (Phi) is 8.01. The highest BCUT2D eigenvalue weighted by molar-refractivity contribution is 6.06. The second-order valence-corrected chi connectivity index (χ2v) is 6.37. The van der Waals surface area contributed by atoms with E-state index in [0.29, 0.717) is 11.3 Å². The highest BCUT2D eigenvalue weighted by atomic mass is 16.5. The maximum absolute atomic E-state index is 12.9. The summed E-state index contributed by atoms with van der Waals surface area (Å²) < 4.78 is 15.7. The molecule has 2 aromatic carbocycles. The van der Waals surface area contributed by atoms with E-state index in [4.69, 9.17) is 19.3 Å². The van der Waals surface area contributed by atoms with E-state index in [1.54, 1.807) is 30.3 Å². The normalized spacial score (nSPS) is 11.8. The van der Waals surface area contributed by atoms with Crippen LogP contribution in [-0.4, -0.2) is 50.3 Å². The fourth-order valence-corrected chi connectivity index (χ4v) is 2.62. The van der Waals surface area contributed by atoms with Crippen LogP contribution in [0.5, 0.6) is 17.2 Å². The van der Waals surface area contributed by atoms with E-state index < -0.39 is 23.8 Å². The van der Waals surface area contributed by atoms with Gasteiger partial charge < -0.3 is 30.0 Å². The van der Waals surface area contributed by atoms with Gasteiger partial charge in [0.25, 0.3) is 11.8 Å². The number of aliphatic carboxylic acids is 1. The zero-order valence-corrected chi connectivity index (χ0v) is 17.6. The van der Waals surface area contributed by atoms with Crippen LogP contribution >= 0.6 is 0 Å². The van der Waals surface area contributed by atoms with Crippen molar-refractivity contribution in [1.29, 1.82) is 0 Å². The topological polar surface area (TPSA) is 123 Å². The summed E-state index contributed by atoms with van der Waals surface area (Å²) in [5, 5.41) is 13.9. The van der Waals surface area contributed by atoms with Crippen LogP contribution in [0.25, 0.3) is 6.08 Å². The zero-order valence-electron chi connectivity index (χ0n) is 17.6. The summed E-state index contributed by atoms with van der Waals surface area (Å²) >= 11 is 0. The highest BCUT2D eigenvalue weighted by Gasteiger charge is 2.22. The van der Waals surface area contributed by atoms with E-state index in [9.17, 15) is 14.4 Å². The van der Waals surface area contributed by atoms with E-state index in [1.807, 2.05) is 0 Å². The fourth-order valence-electron chi connectivity index (χ4n) is 2.62. The van der Waals surface area contributed by atoms with Crippen LogP contribution in [0.4, 0.5) is 0 Å². The van der Waals surface area contributed by atoms with E-state index >= 15 is 0 Å². The molecule has 9 heteroatoms. The SMILES string of the molecule is COc1cc(C(=O)N/C(=C/c2ccccc2)C(=O)NC(C)C(=O)O)cc(OC)c1OC. The number of carbonyl (C=O) groups is 3. The van der Waals surface area contributed by atoms with E-state index in [1.165, 1.54) is 46.5 Å². The van der Waals surface area contributed by atoms with Crippen molar-refractivity contribution in [2.75, 3.05) is 21.3 Å². The smallest absolute Gasteiger partial charge is 0.325 e. The molecule has 0 fully saturated rings. The van der Waals surface area contributed by atoms with Crippen molar-refractivity contribution in [3.05, 3.63) is 59.3 Å². The van der Waals surface area contributed by atoms with Crippen molar-refractivity contribution in [1.82, 2.24) is 10.6 Å². The Balaban J connectivity index is 2.40. The number of hydrogen-bond acceptors (Lipinski definition) is 6. The van der Waals surface area contributed by atoms with Crippen LogP contribution in [0.15, 0.2) is 48.2 Å². The molecule has 0 saturated heterocycles. The van der Waals surface area contributed by atoms with Crippen LogP contribution in [0.3, 0.4) is 0 Å². The lowest BCUT2D eigenvalue weighted by Crippen LogP contribution is -2.42. The molecule has 0 aromatic heterocycles. The van der Waals surface area contributed by atoms with Crippen LogP contribution in [0.2, 0.25) is 0 Å². The van der Waals surface area contributed by atoms with Gasteiger partial charge in [-0.05, 0) is 30.7 Å². The summed E-state index contributed by atoms with van der Waals surface area (Å²) in [4.78, 5) is 36.7. The van der Waals surface area contributed by atoms with Crippen molar-refractivity contribution < 1.29 is 33.7 Å². The molecule has 0 radical (unpaired) electrons. The Morgan fingerprint density at radius 2 is 1.55 bits per heavy atom. The number of carboxylic acids is 1. The fraction of sp³-hybridized carbons (Fsp3) is 0.227. The largest absolute Gasteiger partial charge is 0.493 e. The molecular formula is C22H24N2O7. The van der Waals surface area contributed by atoms with Crippen LogP contribution in [-0.2, 0) is 9.59 Å². The van der Waals surface area contributed by atoms with Gasteiger partial charge in [0.15, 0.2) is 11.5 Å². The predicted octanol–water partition coefficient (Wildman–Crippen LogP) is 2.07. The Hall–Kier alpha value is -4.01. The molecule has 0 aliphatic carbocycles. The van der Waals surface area contributed by atoms with Gasteiger partial charge in [0.1, 0.15) is 11.7 Å². The molecule has 1 unspecified atom stereocenters. The third-order valence-corrected chi connectivity index (χ3v) is 4.25. The first-order valence-electron chi connectivity index (χ1n) is 9.22. The van der Waals surface area contributed by atoms with Crippen LogP contribution < -0.4 is 24.8 Å². The summed E-state index contributed by atoms with van der Waals surface area (Å²) in [6.45, 7) is 1.32. The minimum absolute atomic E-state index is 0.127. The molecule has 0 heterocycles. The molecule has 2 amide bonds. The van der Waals surface area contributed by atoms with E-state index in [-0.39, 0.29) is 22.8 Å². The Morgan fingerprint density at radius 3 is 2.03 bits per heavy atom. The number of methoxy groups -OCH3 is 3. The summed E-state index contributed by atoms with van der Waals surface area (Å²) in [5.74, 6) is -1.73. The minimum Gasteiger partial charge on any atom is -0.493 e. The van der Waals surface area contributed by atoms with Crippen molar-refractivity contribution in [2.24, 2.45) is 0 Å². The first kappa shape index (κ1) is 23.3. The van der Waals surface area contributed by atoms with Gasteiger partial charge in [-0.2, -0.15) is 0 Å². The van der Waals surface area contributed by atoms with Gasteiger partial charge >= 0.3 is 5.97 Å². The number of amides is 2. The van der Waals surface area contributed by atoms with E-state index in [0.717, 1.165) is 0 Å². The van der Waals surface area contributed by atoms with Gasteiger partial charge in [0.05, 0.1) is 21.3 Å². The lowest BCUT2D eigenvalue weighted by Gasteiger charge is -2.16. The summed E-state index contributed by atoms with van der Waals surface area (Å²) in [7, 11) is 4.27. The molecule has 0 bridgehead atoms. The zero-order chi connectivity index (χ0) is 23.0. The Labute approximate surface area is 179 Å². The monoisotopic (exact) mass is 428 g/mol. The minimum atomic E-state index is -1.21. The predicted molar refractivity (Wildman–Crippen MR) is 113 cm³/mol. The quantitative estimate of drug-likeness (QED) is 0.523. The Morgan fingerprint density at radius 1 is 0.968 bits per heavy atom. The van der Waals surface area contributed by atoms with Gasteiger partial charge in [0, 0.05) is 5.56 Å². The van der Waals surface area contributed by atoms with Gasteiger partial charge in [-0.1, -0.05) is 30.3 Å². The number of benzene rings is 2. The second kappa shape index (κ2) is 10.7. The molecule has 31 heavy (non-hydrogen) atoms. The molecular weight excluding hydrogens is 404 g/mol. The summed E-state index contributed by atoms with van der Waals surface area (Å²) in [5.41, 5.74) is 0.659. The van der Waals surface area contributed by atoms with E-state index in [2.05, 4.69) is 10.6 Å². The summed E-state index contributed by atoms with van der Waals surface area (Å²) in [6.07, 6.45) is 1.44. The lowest BCUT2D eigenvalue weighted by atomic mass is 10.1. The second-order valence-electron chi connectivity index (χ2n) is 6.37. The molecule has 164 valence electrons. The average molecular weight is 428 g/mol. The van der Waals surface area contributed by atoms with Crippen LogP contribution in [0.1, 0.15) is 22.8 Å². The summed E-state index contributed by atoms with van der Waals surface area (Å²) in [6, 6.07) is 10.5. The molecule has 3 N–H and O–H groups in total. The first-order valence-corrected chi connectivity index (χ1v) is 9.22. The van der Waals surface area contributed by atoms with Gasteiger partial charge in [0.2, 0.25) is 5.75 Å². The standard InChI is InChI=1S/C22H24N2O7/c1-13(22(27)28)23-21(26)16(10-14-8-6-5-7-9-14)24-20(25)15-11-17(29-2)19(31-4)18(12-15)30-3/h5-13H,1-4H3,(H,23,26)(H,24,25)(H,27,28)/b16-10+. The molecule has 2 aromatic rings. The van der Waals surface area contributed by atoms with Crippen LogP contribution in [0, 0.1) is 0 Å². The van der Waals surface area contributed by atoms with Crippen molar-refractivity contribution in [3.8, 4) is 17.2 Å². The lowest BCUT2D eigenvalue weighted by molar-refractivity contribution is -0.140. The number of rotatable bonds is 9. The van der Waals surface area contributed by atoms with Gasteiger partial charge in [-0.25, -0.2) is 0 Å². The molecule has 9 nitrogen and oxygen atoms in total. The van der Waals surface area contributed by atoms with Crippen molar-refractivity contribution >= 4 is 23.9 Å². The van der Waals surface area contributed by atoms with Gasteiger partial charge in [-0.3, -0.25) is 14.4 Å². The molecule has 0 aliphatic rings. The third-order valence-electron chi connectivity index (χ3n) is 4.25. The average Bonchev–Trinajstić information content (AvgIpc) is 2.77. The van der Waals surface area contributed by atoms with Gasteiger partial charge in [-0.15, -0.1) is 0 Å². The third kappa shape index (κ3) is 5.99. The number of hydrogen-bond donors (Lipinski definition) is 3.